The van der Waals surface area contributed by atoms with E-state index >= 15 is 0 Å². The summed E-state index contributed by atoms with van der Waals surface area (Å²) in [6, 6.07) is 6.31. The molecule has 4 rings (SSSR count). The van der Waals surface area contributed by atoms with E-state index in [4.69, 9.17) is 0 Å². The lowest BCUT2D eigenvalue weighted by atomic mass is 9.95. The second-order valence-electron chi connectivity index (χ2n) is 6.87. The number of fused-ring (bicyclic) bond motifs is 1. The van der Waals surface area contributed by atoms with Crippen LogP contribution in [0.15, 0.2) is 17.5 Å². The first-order valence-electron chi connectivity index (χ1n) is 8.54. The van der Waals surface area contributed by atoms with Crippen molar-refractivity contribution in [2.24, 2.45) is 5.92 Å². The van der Waals surface area contributed by atoms with Gasteiger partial charge < -0.3 is 9.80 Å². The fraction of sp³-hybridized carbons (Fsp3) is 0.421. The van der Waals surface area contributed by atoms with Gasteiger partial charge in [0.2, 0.25) is 5.91 Å². The van der Waals surface area contributed by atoms with E-state index in [0.717, 1.165) is 36.6 Å². The van der Waals surface area contributed by atoms with Gasteiger partial charge in [0.15, 0.2) is 0 Å². The predicted molar refractivity (Wildman–Crippen MR) is 97.6 cm³/mol. The lowest BCUT2D eigenvalue weighted by molar-refractivity contribution is -0.137. The number of rotatable bonds is 2. The van der Waals surface area contributed by atoms with Gasteiger partial charge in [-0.15, -0.1) is 11.3 Å². The molecule has 1 saturated heterocycles. The number of anilines is 1. The first-order valence-corrected chi connectivity index (χ1v) is 9.42. The number of hydrogen-bond acceptors (Lipinski definition) is 5. The van der Waals surface area contributed by atoms with Crippen molar-refractivity contribution in [3.8, 4) is 6.07 Å². The van der Waals surface area contributed by atoms with E-state index in [0.29, 0.717) is 18.7 Å². The van der Waals surface area contributed by atoms with Crippen molar-refractivity contribution in [2.75, 3.05) is 24.5 Å². The van der Waals surface area contributed by atoms with Crippen molar-refractivity contribution in [3.63, 3.8) is 0 Å². The van der Waals surface area contributed by atoms with Gasteiger partial charge in [-0.2, -0.15) is 5.26 Å². The van der Waals surface area contributed by atoms with Gasteiger partial charge in [0.25, 0.3) is 0 Å². The maximum atomic E-state index is 12.8. The molecule has 0 unspecified atom stereocenters. The number of thiophene rings is 1. The van der Waals surface area contributed by atoms with Crippen LogP contribution in [0.1, 0.15) is 27.3 Å². The van der Waals surface area contributed by atoms with Crippen molar-refractivity contribution in [1.82, 2.24) is 9.88 Å². The quantitative estimate of drug-likeness (QED) is 0.834. The minimum Gasteiger partial charge on any atom is -0.354 e. The molecule has 2 aromatic heterocycles. The number of aryl methyl sites for hydroxylation is 2. The minimum atomic E-state index is 0.00865. The summed E-state index contributed by atoms with van der Waals surface area (Å²) in [5.41, 5.74) is 3.77. The molecular formula is C19H20N4OS. The zero-order valence-electron chi connectivity index (χ0n) is 14.5. The summed E-state index contributed by atoms with van der Waals surface area (Å²) in [4.78, 5) is 22.8. The summed E-state index contributed by atoms with van der Waals surface area (Å²) in [5.74, 6) is 0.966. The number of hydrogen-bond donors (Lipinski definition) is 0. The monoisotopic (exact) mass is 352 g/mol. The molecule has 128 valence electrons. The zero-order chi connectivity index (χ0) is 17.6. The van der Waals surface area contributed by atoms with Crippen molar-refractivity contribution < 1.29 is 4.79 Å². The average molecular weight is 352 g/mol. The number of amides is 1. The molecule has 0 bridgehead atoms. The number of carbonyl (C=O) groups is 1. The Morgan fingerprint density at radius 1 is 1.40 bits per heavy atom. The summed E-state index contributed by atoms with van der Waals surface area (Å²) in [7, 11) is 0. The van der Waals surface area contributed by atoms with Crippen LogP contribution in [-0.4, -0.2) is 35.4 Å². The van der Waals surface area contributed by atoms with Crippen LogP contribution < -0.4 is 4.90 Å². The highest BCUT2D eigenvalue weighted by molar-refractivity contribution is 7.10. The average Bonchev–Trinajstić information content (AvgIpc) is 3.00. The van der Waals surface area contributed by atoms with E-state index in [-0.39, 0.29) is 11.8 Å². The summed E-state index contributed by atoms with van der Waals surface area (Å²) < 4.78 is 0. The smallest absolute Gasteiger partial charge is 0.229 e. The first-order chi connectivity index (χ1) is 12.1. The molecule has 0 aliphatic carbocycles. The Bertz CT molecular complexity index is 876. The van der Waals surface area contributed by atoms with E-state index in [2.05, 4.69) is 27.4 Å². The van der Waals surface area contributed by atoms with Gasteiger partial charge in [-0.3, -0.25) is 4.79 Å². The Hall–Kier alpha value is -2.39. The third-order valence-electron chi connectivity index (χ3n) is 5.09. The highest BCUT2D eigenvalue weighted by atomic mass is 32.1. The van der Waals surface area contributed by atoms with Crippen LogP contribution in [0.5, 0.6) is 0 Å². The number of nitrogens with zero attached hydrogens (tertiary/aromatic N) is 4. The van der Waals surface area contributed by atoms with E-state index < -0.39 is 0 Å². The molecule has 6 heteroatoms. The highest BCUT2D eigenvalue weighted by Crippen LogP contribution is 2.31. The molecule has 2 aliphatic heterocycles. The Labute approximate surface area is 151 Å². The Kier molecular flexibility index (Phi) is 3.97. The van der Waals surface area contributed by atoms with Crippen molar-refractivity contribution in [3.05, 3.63) is 44.8 Å². The summed E-state index contributed by atoms with van der Waals surface area (Å²) in [6.45, 7) is 6.72. The lowest BCUT2D eigenvalue weighted by Crippen LogP contribution is -2.55. The molecule has 0 atom stereocenters. The molecule has 2 aliphatic rings. The Morgan fingerprint density at radius 2 is 2.20 bits per heavy atom. The second kappa shape index (κ2) is 6.16. The molecule has 0 radical (unpaired) electrons. The fourth-order valence-electron chi connectivity index (χ4n) is 3.69. The summed E-state index contributed by atoms with van der Waals surface area (Å²) in [6.07, 6.45) is 0.965. The molecule has 1 fully saturated rings. The van der Waals surface area contributed by atoms with Crippen molar-refractivity contribution in [1.29, 1.82) is 5.26 Å². The fourth-order valence-corrected chi connectivity index (χ4v) is 4.58. The molecule has 0 saturated carbocycles. The van der Waals surface area contributed by atoms with E-state index in [9.17, 15) is 10.1 Å². The molecule has 0 N–H and O–H groups in total. The molecule has 1 amide bonds. The third-order valence-corrected chi connectivity index (χ3v) is 6.11. The zero-order valence-corrected chi connectivity index (χ0v) is 15.3. The Balaban J connectivity index is 1.45. The maximum Gasteiger partial charge on any atom is 0.229 e. The molecule has 2 aromatic rings. The molecule has 4 heterocycles. The van der Waals surface area contributed by atoms with Gasteiger partial charge in [0.05, 0.1) is 11.5 Å². The van der Waals surface area contributed by atoms with E-state index in [1.54, 1.807) is 11.3 Å². The van der Waals surface area contributed by atoms with E-state index in [1.807, 2.05) is 24.8 Å². The largest absolute Gasteiger partial charge is 0.354 e. The summed E-state index contributed by atoms with van der Waals surface area (Å²) >= 11 is 1.79. The van der Waals surface area contributed by atoms with Crippen LogP contribution >= 0.6 is 11.3 Å². The normalized spacial score (nSPS) is 17.0. The lowest BCUT2D eigenvalue weighted by Gasteiger charge is -2.42. The highest BCUT2D eigenvalue weighted by Gasteiger charge is 2.38. The SMILES string of the molecule is Cc1cc(C)c(C#N)c(N2CC(C(=O)N3CCc4sccc4C3)C2)n1. The maximum absolute atomic E-state index is 12.8. The summed E-state index contributed by atoms with van der Waals surface area (Å²) in [5, 5.41) is 11.5. The van der Waals surface area contributed by atoms with Crippen LogP contribution in [0.2, 0.25) is 0 Å². The Morgan fingerprint density at radius 3 is 2.96 bits per heavy atom. The number of carbonyl (C=O) groups excluding carboxylic acids is 1. The van der Waals surface area contributed by atoms with Gasteiger partial charge in [-0.1, -0.05) is 0 Å². The van der Waals surface area contributed by atoms with Crippen LogP contribution in [0.4, 0.5) is 5.82 Å². The van der Waals surface area contributed by atoms with E-state index in [1.165, 1.54) is 10.4 Å². The van der Waals surface area contributed by atoms with Crippen LogP contribution in [0.3, 0.4) is 0 Å². The van der Waals surface area contributed by atoms with Crippen LogP contribution in [-0.2, 0) is 17.8 Å². The number of pyridine rings is 1. The van der Waals surface area contributed by atoms with Gasteiger partial charge in [0.1, 0.15) is 11.9 Å². The van der Waals surface area contributed by atoms with Crippen LogP contribution in [0.25, 0.3) is 0 Å². The third kappa shape index (κ3) is 2.79. The number of nitriles is 1. The van der Waals surface area contributed by atoms with Gasteiger partial charge in [0, 0.05) is 36.8 Å². The van der Waals surface area contributed by atoms with Crippen molar-refractivity contribution >= 4 is 23.1 Å². The van der Waals surface area contributed by atoms with Gasteiger partial charge in [-0.25, -0.2) is 4.98 Å². The molecule has 0 aromatic carbocycles. The standard InChI is InChI=1S/C19H20N4OS/c1-12-7-13(2)21-18(16(12)8-20)23-10-15(11-23)19(24)22-5-3-17-14(9-22)4-6-25-17/h4,6-7,15H,3,5,9-11H2,1-2H3. The second-order valence-corrected chi connectivity index (χ2v) is 7.87. The predicted octanol–water partition coefficient (Wildman–Crippen LogP) is 2.65. The molecule has 5 nitrogen and oxygen atoms in total. The first kappa shape index (κ1) is 16.1. The molecule has 25 heavy (non-hydrogen) atoms. The van der Waals surface area contributed by atoms with Crippen molar-refractivity contribution in [2.45, 2.75) is 26.8 Å². The number of aromatic nitrogens is 1. The molecule has 0 spiro atoms. The van der Waals surface area contributed by atoms with Gasteiger partial charge in [-0.05, 0) is 48.9 Å². The molecular weight excluding hydrogens is 332 g/mol. The topological polar surface area (TPSA) is 60.2 Å². The van der Waals surface area contributed by atoms with Gasteiger partial charge >= 0.3 is 0 Å². The minimum absolute atomic E-state index is 0.00865. The van der Waals surface area contributed by atoms with Crippen LogP contribution in [0, 0.1) is 31.1 Å².